The van der Waals surface area contributed by atoms with Gasteiger partial charge in [0.15, 0.2) is 5.76 Å². The molecule has 2 N–H and O–H groups in total. The second-order valence-corrected chi connectivity index (χ2v) is 7.28. The minimum Gasteiger partial charge on any atom is -0.478 e. The Labute approximate surface area is 189 Å². The second kappa shape index (κ2) is 9.97. The average Bonchev–Trinajstić information content (AvgIpc) is 3.47. The molecule has 0 atom stereocenters. The summed E-state index contributed by atoms with van der Waals surface area (Å²) in [4.78, 5) is 17.3. The maximum absolute atomic E-state index is 13.2. The molecule has 2 heterocycles. The quantitative estimate of drug-likeness (QED) is 0.259. The van der Waals surface area contributed by atoms with Crippen molar-refractivity contribution in [2.45, 2.75) is 13.3 Å². The first-order valence-corrected chi connectivity index (χ1v) is 10.4. The summed E-state index contributed by atoms with van der Waals surface area (Å²) in [7, 11) is 0. The van der Waals surface area contributed by atoms with Gasteiger partial charge < -0.3 is 14.2 Å². The molecule has 168 valence electrons. The molecule has 0 aliphatic carbocycles. The van der Waals surface area contributed by atoms with E-state index < -0.39 is 5.97 Å². The monoisotopic (exact) mass is 447 g/mol. The summed E-state index contributed by atoms with van der Waals surface area (Å²) >= 11 is 0. The molecule has 0 amide bonds. The first-order valence-electron chi connectivity index (χ1n) is 10.4. The fourth-order valence-corrected chi connectivity index (χ4v) is 3.25. The van der Waals surface area contributed by atoms with Crippen LogP contribution < -0.4 is 5.48 Å². The number of aromatic carboxylic acids is 1. The lowest BCUT2D eigenvalue weighted by atomic mass is 10.1. The van der Waals surface area contributed by atoms with E-state index in [1.54, 1.807) is 35.2 Å². The van der Waals surface area contributed by atoms with Crippen LogP contribution in [0.4, 0.5) is 4.39 Å². The van der Waals surface area contributed by atoms with Gasteiger partial charge in [-0.3, -0.25) is 10.3 Å². The second-order valence-electron chi connectivity index (χ2n) is 7.28. The molecule has 2 aromatic heterocycles. The van der Waals surface area contributed by atoms with E-state index >= 15 is 0 Å². The van der Waals surface area contributed by atoms with Crippen molar-refractivity contribution in [3.63, 3.8) is 0 Å². The van der Waals surface area contributed by atoms with Crippen molar-refractivity contribution in [2.75, 3.05) is 6.61 Å². The number of rotatable bonds is 9. The van der Waals surface area contributed by atoms with Crippen LogP contribution in [0, 0.1) is 5.82 Å². The van der Waals surface area contributed by atoms with Gasteiger partial charge >= 0.3 is 5.97 Å². The highest BCUT2D eigenvalue weighted by Gasteiger charge is 2.16. The van der Waals surface area contributed by atoms with Gasteiger partial charge in [-0.05, 0) is 36.2 Å². The van der Waals surface area contributed by atoms with Crippen LogP contribution >= 0.6 is 0 Å². The molecule has 0 radical (unpaired) electrons. The smallest absolute Gasteiger partial charge is 0.337 e. The summed E-state index contributed by atoms with van der Waals surface area (Å²) in [5, 5.41) is 13.8. The number of hydrogen-bond donors (Lipinski definition) is 2. The standard InChI is InChI=1S/C25H22FN3O4/c1-2-12-32-27-23(24-13-22(28-33-24)18-8-10-19(26)11-9-18)16-29-14-20(21(15-29)25(30)31)17-6-4-3-5-7-17/h3-11,13-16,27H,2,12H2,1H3,(H,30,31). The molecular weight excluding hydrogens is 425 g/mol. The van der Waals surface area contributed by atoms with E-state index in [0.29, 0.717) is 34.9 Å². The Hall–Kier alpha value is -4.17. The molecule has 0 fully saturated rings. The third-order valence-electron chi connectivity index (χ3n) is 4.84. The Bertz CT molecular complexity index is 1260. The van der Waals surface area contributed by atoms with Gasteiger partial charge in [-0.1, -0.05) is 42.4 Å². The number of carboxylic acid groups (broad SMARTS) is 1. The first-order chi connectivity index (χ1) is 16.0. The van der Waals surface area contributed by atoms with Crippen LogP contribution in [0.15, 0.2) is 77.6 Å². The molecule has 8 heteroatoms. The van der Waals surface area contributed by atoms with Gasteiger partial charge in [-0.2, -0.15) is 0 Å². The molecule has 0 saturated carbocycles. The van der Waals surface area contributed by atoms with Crippen LogP contribution in [0.5, 0.6) is 0 Å². The van der Waals surface area contributed by atoms with E-state index in [1.807, 2.05) is 37.3 Å². The summed E-state index contributed by atoms with van der Waals surface area (Å²) in [6.07, 6.45) is 5.69. The number of carbonyl (C=O) groups is 1. The topological polar surface area (TPSA) is 89.5 Å². The lowest BCUT2D eigenvalue weighted by molar-refractivity contribution is 0.0698. The van der Waals surface area contributed by atoms with Crippen molar-refractivity contribution in [3.05, 3.63) is 90.2 Å². The Morgan fingerprint density at radius 2 is 1.91 bits per heavy atom. The maximum Gasteiger partial charge on any atom is 0.337 e. The van der Waals surface area contributed by atoms with Crippen LogP contribution in [0.1, 0.15) is 29.5 Å². The van der Waals surface area contributed by atoms with Crippen LogP contribution in [-0.4, -0.2) is 27.4 Å². The van der Waals surface area contributed by atoms with Crippen LogP contribution in [-0.2, 0) is 4.84 Å². The third kappa shape index (κ3) is 5.19. The van der Waals surface area contributed by atoms with Crippen molar-refractivity contribution >= 4 is 17.9 Å². The number of nitrogens with zero attached hydrogens (tertiary/aromatic N) is 2. The minimum atomic E-state index is -1.03. The summed E-state index contributed by atoms with van der Waals surface area (Å²) in [6.45, 7) is 2.43. The Morgan fingerprint density at radius 1 is 1.15 bits per heavy atom. The SMILES string of the molecule is CCCONC(=Cn1cc(C(=O)O)c(-c2ccccc2)c1)c1cc(-c2ccc(F)cc2)no1. The lowest BCUT2D eigenvalue weighted by Crippen LogP contribution is -2.14. The van der Waals surface area contributed by atoms with Gasteiger partial charge in [-0.25, -0.2) is 9.18 Å². The number of carboxylic acids is 1. The van der Waals surface area contributed by atoms with Crippen LogP contribution in [0.3, 0.4) is 0 Å². The summed E-state index contributed by atoms with van der Waals surface area (Å²) < 4.78 is 20.4. The molecule has 0 aliphatic heterocycles. The van der Waals surface area contributed by atoms with Crippen molar-refractivity contribution in [1.82, 2.24) is 15.2 Å². The van der Waals surface area contributed by atoms with Crippen molar-refractivity contribution in [1.29, 1.82) is 0 Å². The summed E-state index contributed by atoms with van der Waals surface area (Å²) in [5.74, 6) is -0.998. The predicted molar refractivity (Wildman–Crippen MR) is 122 cm³/mol. The molecule has 2 aromatic carbocycles. The third-order valence-corrected chi connectivity index (χ3v) is 4.84. The number of benzene rings is 2. The maximum atomic E-state index is 13.2. The van der Waals surface area contributed by atoms with Crippen molar-refractivity contribution < 1.29 is 23.7 Å². The normalized spacial score (nSPS) is 11.5. The van der Waals surface area contributed by atoms with Crippen LogP contribution in [0.2, 0.25) is 0 Å². The first kappa shape index (κ1) is 22.0. The van der Waals surface area contributed by atoms with Crippen molar-refractivity contribution in [2.24, 2.45) is 0 Å². The lowest BCUT2D eigenvalue weighted by Gasteiger charge is -2.08. The number of aromatic nitrogens is 2. The molecule has 0 aliphatic rings. The van der Waals surface area contributed by atoms with Gasteiger partial charge in [-0.15, -0.1) is 0 Å². The summed E-state index contributed by atoms with van der Waals surface area (Å²) in [5.41, 5.74) is 6.05. The average molecular weight is 447 g/mol. The number of halogens is 1. The van der Waals surface area contributed by atoms with Gasteiger partial charge in [0.05, 0.1) is 12.2 Å². The van der Waals surface area contributed by atoms with Gasteiger partial charge in [0.2, 0.25) is 0 Å². The highest BCUT2D eigenvalue weighted by Crippen LogP contribution is 2.27. The number of hydroxylamine groups is 1. The van der Waals surface area contributed by atoms with E-state index in [4.69, 9.17) is 9.36 Å². The van der Waals surface area contributed by atoms with Gasteiger partial charge in [0, 0.05) is 35.8 Å². The minimum absolute atomic E-state index is 0.163. The summed E-state index contributed by atoms with van der Waals surface area (Å²) in [6, 6.07) is 16.9. The molecule has 0 bridgehead atoms. The molecule has 7 nitrogen and oxygen atoms in total. The predicted octanol–water partition coefficient (Wildman–Crippen LogP) is 5.53. The van der Waals surface area contributed by atoms with E-state index in [1.165, 1.54) is 18.3 Å². The molecule has 0 spiro atoms. The van der Waals surface area contributed by atoms with E-state index in [0.717, 1.165) is 12.0 Å². The zero-order valence-electron chi connectivity index (χ0n) is 17.9. The van der Waals surface area contributed by atoms with Gasteiger partial charge in [0.1, 0.15) is 17.2 Å². The molecule has 33 heavy (non-hydrogen) atoms. The molecule has 4 aromatic rings. The van der Waals surface area contributed by atoms with Crippen molar-refractivity contribution in [3.8, 4) is 22.4 Å². The Morgan fingerprint density at radius 3 is 2.61 bits per heavy atom. The Balaban J connectivity index is 1.71. The fourth-order valence-electron chi connectivity index (χ4n) is 3.25. The number of hydrogen-bond acceptors (Lipinski definition) is 5. The molecule has 4 rings (SSSR count). The van der Waals surface area contributed by atoms with E-state index in [2.05, 4.69) is 10.6 Å². The van der Waals surface area contributed by atoms with Crippen LogP contribution in [0.25, 0.3) is 34.3 Å². The fraction of sp³-hybridized carbons (Fsp3) is 0.120. The molecular formula is C25H22FN3O4. The Kier molecular flexibility index (Phi) is 6.66. The molecule has 0 saturated heterocycles. The zero-order valence-corrected chi connectivity index (χ0v) is 17.9. The zero-order chi connectivity index (χ0) is 23.2. The molecule has 0 unspecified atom stereocenters. The largest absolute Gasteiger partial charge is 0.478 e. The highest BCUT2D eigenvalue weighted by atomic mass is 19.1. The van der Waals surface area contributed by atoms with E-state index in [-0.39, 0.29) is 11.4 Å². The van der Waals surface area contributed by atoms with E-state index in [9.17, 15) is 14.3 Å². The van der Waals surface area contributed by atoms with Gasteiger partial charge in [0.25, 0.3) is 0 Å². The highest BCUT2D eigenvalue weighted by molar-refractivity contribution is 5.96. The number of nitrogens with one attached hydrogen (secondary N) is 1.